The number of piperidine rings is 1. The Labute approximate surface area is 192 Å². The van der Waals surface area contributed by atoms with Crippen molar-refractivity contribution in [2.75, 3.05) is 6.54 Å². The van der Waals surface area contributed by atoms with Crippen LogP contribution in [0.25, 0.3) is 0 Å². The molecule has 2 aromatic rings. The Morgan fingerprint density at radius 2 is 1.91 bits per heavy atom. The average Bonchev–Trinajstić information content (AvgIpc) is 2.77. The van der Waals surface area contributed by atoms with E-state index in [-0.39, 0.29) is 41.2 Å². The van der Waals surface area contributed by atoms with Crippen LogP contribution < -0.4 is 4.74 Å². The van der Waals surface area contributed by atoms with Gasteiger partial charge in [-0.15, -0.1) is 0 Å². The Bertz CT molecular complexity index is 1080. The summed E-state index contributed by atoms with van der Waals surface area (Å²) in [7, 11) is 0. The lowest BCUT2D eigenvalue weighted by molar-refractivity contribution is -0.183. The van der Waals surface area contributed by atoms with E-state index in [2.05, 4.69) is 13.8 Å². The van der Waals surface area contributed by atoms with Gasteiger partial charge in [-0.05, 0) is 63.4 Å². The number of ether oxygens (including phenoxy) is 2. The first-order valence-corrected chi connectivity index (χ1v) is 11.4. The molecule has 0 spiro atoms. The largest absolute Gasteiger partial charge is 0.487 e. The summed E-state index contributed by atoms with van der Waals surface area (Å²) in [5.41, 5.74) is 0.722. The van der Waals surface area contributed by atoms with Crippen molar-refractivity contribution in [2.24, 2.45) is 5.92 Å². The van der Waals surface area contributed by atoms with Crippen molar-refractivity contribution in [3.63, 3.8) is 0 Å². The van der Waals surface area contributed by atoms with E-state index < -0.39 is 11.6 Å². The van der Waals surface area contributed by atoms with E-state index in [9.17, 15) is 14.7 Å². The zero-order valence-corrected chi connectivity index (χ0v) is 18.8. The van der Waals surface area contributed by atoms with Crippen LogP contribution in [0.2, 0.25) is 5.02 Å². The highest BCUT2D eigenvalue weighted by Gasteiger charge is 2.53. The van der Waals surface area contributed by atoms with Crippen molar-refractivity contribution >= 4 is 23.5 Å². The second-order valence-corrected chi connectivity index (χ2v) is 9.82. The Kier molecular flexibility index (Phi) is 5.18. The van der Waals surface area contributed by atoms with Gasteiger partial charge in [0.15, 0.2) is 0 Å². The molecule has 32 heavy (non-hydrogen) atoms. The van der Waals surface area contributed by atoms with Crippen molar-refractivity contribution in [2.45, 2.75) is 57.0 Å². The molecular formula is C25H26ClNO5. The lowest BCUT2D eigenvalue weighted by atomic mass is 9.72. The number of hydrogen-bond acceptors (Lipinski definition) is 4. The molecule has 0 bridgehead atoms. The molecule has 168 valence electrons. The van der Waals surface area contributed by atoms with Gasteiger partial charge >= 0.3 is 5.97 Å². The van der Waals surface area contributed by atoms with Gasteiger partial charge in [0, 0.05) is 23.0 Å². The molecule has 3 aliphatic heterocycles. The number of carboxylic acid groups (broad SMARTS) is 1. The predicted molar refractivity (Wildman–Crippen MR) is 119 cm³/mol. The second kappa shape index (κ2) is 7.78. The molecular weight excluding hydrogens is 430 g/mol. The molecule has 1 N–H and O–H groups in total. The Hall–Kier alpha value is -2.57. The SMILES string of the molecule is CC1(C)Oc2ccc(Cl)cc2[C@H]2O[C@H]3CCCN(C(=O)c4ccccc4C(=O)O)[C@H]3C[C@@H]21. The monoisotopic (exact) mass is 455 g/mol. The van der Waals surface area contributed by atoms with Crippen LogP contribution in [0.4, 0.5) is 0 Å². The zero-order chi connectivity index (χ0) is 22.6. The zero-order valence-electron chi connectivity index (χ0n) is 18.1. The van der Waals surface area contributed by atoms with E-state index in [0.29, 0.717) is 11.6 Å². The molecule has 2 aromatic carbocycles. The topological polar surface area (TPSA) is 76.1 Å². The number of aromatic carboxylic acids is 1. The molecule has 6 nitrogen and oxygen atoms in total. The van der Waals surface area contributed by atoms with Gasteiger partial charge in [-0.1, -0.05) is 23.7 Å². The number of hydrogen-bond donors (Lipinski definition) is 1. The summed E-state index contributed by atoms with van der Waals surface area (Å²) >= 11 is 6.28. The van der Waals surface area contributed by atoms with Crippen LogP contribution >= 0.6 is 11.6 Å². The Morgan fingerprint density at radius 1 is 1.16 bits per heavy atom. The number of amides is 1. The van der Waals surface area contributed by atoms with Crippen LogP contribution in [0.1, 0.15) is 65.5 Å². The first kappa shape index (κ1) is 21.3. The molecule has 5 rings (SSSR count). The van der Waals surface area contributed by atoms with Crippen molar-refractivity contribution in [1.29, 1.82) is 0 Å². The fourth-order valence-electron chi connectivity index (χ4n) is 5.52. The molecule has 7 heteroatoms. The number of rotatable bonds is 2. The van der Waals surface area contributed by atoms with E-state index in [1.165, 1.54) is 6.07 Å². The number of halogens is 1. The molecule has 0 aromatic heterocycles. The van der Waals surface area contributed by atoms with E-state index in [4.69, 9.17) is 21.1 Å². The van der Waals surface area contributed by atoms with Gasteiger partial charge < -0.3 is 19.5 Å². The summed E-state index contributed by atoms with van der Waals surface area (Å²) in [6.07, 6.45) is 2.11. The van der Waals surface area contributed by atoms with Gasteiger partial charge in [-0.2, -0.15) is 0 Å². The van der Waals surface area contributed by atoms with Crippen molar-refractivity contribution in [3.8, 4) is 5.75 Å². The van der Waals surface area contributed by atoms with E-state index in [1.807, 2.05) is 23.1 Å². The third-order valence-electron chi connectivity index (χ3n) is 7.09. The number of carbonyl (C=O) groups is 2. The number of benzene rings is 2. The molecule has 0 unspecified atom stereocenters. The normalized spacial score (nSPS) is 28.0. The number of nitrogens with zero attached hydrogens (tertiary/aromatic N) is 1. The van der Waals surface area contributed by atoms with Gasteiger partial charge in [0.1, 0.15) is 11.4 Å². The molecule has 0 radical (unpaired) electrons. The molecule has 0 saturated carbocycles. The number of likely N-dealkylation sites (tertiary alicyclic amines) is 1. The molecule has 1 amide bonds. The summed E-state index contributed by atoms with van der Waals surface area (Å²) in [6.45, 7) is 4.69. The lowest BCUT2D eigenvalue weighted by Crippen LogP contribution is -2.60. The highest BCUT2D eigenvalue weighted by molar-refractivity contribution is 6.30. The molecule has 4 atom stereocenters. The third-order valence-corrected chi connectivity index (χ3v) is 7.33. The predicted octanol–water partition coefficient (Wildman–Crippen LogP) is 4.96. The number of carbonyl (C=O) groups excluding carboxylic acids is 1. The second-order valence-electron chi connectivity index (χ2n) is 9.38. The smallest absolute Gasteiger partial charge is 0.336 e. The van der Waals surface area contributed by atoms with Crippen molar-refractivity contribution in [1.82, 2.24) is 4.90 Å². The maximum atomic E-state index is 13.5. The van der Waals surface area contributed by atoms with E-state index >= 15 is 0 Å². The van der Waals surface area contributed by atoms with Gasteiger partial charge in [-0.3, -0.25) is 4.79 Å². The lowest BCUT2D eigenvalue weighted by Gasteiger charge is -2.54. The van der Waals surface area contributed by atoms with Crippen LogP contribution in [0.3, 0.4) is 0 Å². The van der Waals surface area contributed by atoms with Crippen LogP contribution in [-0.2, 0) is 4.74 Å². The maximum absolute atomic E-state index is 13.5. The third kappa shape index (κ3) is 3.46. The minimum atomic E-state index is -1.10. The summed E-state index contributed by atoms with van der Waals surface area (Å²) in [5.74, 6) is -0.536. The fraction of sp³-hybridized carbons (Fsp3) is 0.440. The minimum Gasteiger partial charge on any atom is -0.487 e. The summed E-state index contributed by atoms with van der Waals surface area (Å²) in [5, 5.41) is 10.2. The molecule has 2 fully saturated rings. The quantitative estimate of drug-likeness (QED) is 0.692. The van der Waals surface area contributed by atoms with Gasteiger partial charge in [0.05, 0.1) is 29.4 Å². The standard InChI is InChI=1S/C25H26ClNO5/c1-25(2)18-13-19-21(31-22(18)17-12-14(26)9-10-20(17)32-25)8-5-11-27(19)23(28)15-6-3-4-7-16(15)24(29)30/h3-4,6-7,9-10,12,18-19,21-22H,5,8,11,13H2,1-2H3,(H,29,30)/t18-,19-,21-,22+/m0/s1. The van der Waals surface area contributed by atoms with Gasteiger partial charge in [0.25, 0.3) is 5.91 Å². The van der Waals surface area contributed by atoms with Gasteiger partial charge in [-0.25, -0.2) is 4.79 Å². The average molecular weight is 456 g/mol. The van der Waals surface area contributed by atoms with E-state index in [0.717, 1.165) is 30.6 Å². The summed E-state index contributed by atoms with van der Waals surface area (Å²) < 4.78 is 13.0. The first-order chi connectivity index (χ1) is 15.3. The Morgan fingerprint density at radius 3 is 2.66 bits per heavy atom. The Balaban J connectivity index is 1.49. The van der Waals surface area contributed by atoms with E-state index in [1.54, 1.807) is 18.2 Å². The summed E-state index contributed by atoms with van der Waals surface area (Å²) in [4.78, 5) is 27.0. The number of carboxylic acids is 1. The van der Waals surface area contributed by atoms with Crippen LogP contribution in [0.5, 0.6) is 5.75 Å². The van der Waals surface area contributed by atoms with Crippen molar-refractivity contribution in [3.05, 3.63) is 64.2 Å². The minimum absolute atomic E-state index is 0.0258. The van der Waals surface area contributed by atoms with Crippen LogP contribution in [0, 0.1) is 5.92 Å². The van der Waals surface area contributed by atoms with Gasteiger partial charge in [0.2, 0.25) is 0 Å². The van der Waals surface area contributed by atoms with Crippen LogP contribution in [-0.4, -0.2) is 46.2 Å². The molecule has 2 saturated heterocycles. The first-order valence-electron chi connectivity index (χ1n) is 11.0. The number of fused-ring (bicyclic) bond motifs is 4. The molecule has 3 heterocycles. The summed E-state index contributed by atoms with van der Waals surface area (Å²) in [6, 6.07) is 11.9. The van der Waals surface area contributed by atoms with Crippen molar-refractivity contribution < 1.29 is 24.2 Å². The van der Waals surface area contributed by atoms with Crippen LogP contribution in [0.15, 0.2) is 42.5 Å². The molecule has 0 aliphatic carbocycles. The molecule has 3 aliphatic rings. The highest BCUT2D eigenvalue weighted by Crippen LogP contribution is 2.52. The highest BCUT2D eigenvalue weighted by atomic mass is 35.5. The maximum Gasteiger partial charge on any atom is 0.336 e. The fourth-order valence-corrected chi connectivity index (χ4v) is 5.70.